The maximum atomic E-state index is 14.0. The summed E-state index contributed by atoms with van der Waals surface area (Å²) in [6.07, 6.45) is -1.36. The molecule has 13 heteroatoms. The van der Waals surface area contributed by atoms with Crippen LogP contribution in [0.2, 0.25) is 0 Å². The molecule has 2 aromatic carbocycles. The lowest BCUT2D eigenvalue weighted by Gasteiger charge is -2.39. The van der Waals surface area contributed by atoms with E-state index in [-0.39, 0.29) is 18.3 Å². The van der Waals surface area contributed by atoms with Crippen LogP contribution in [0, 0.1) is 5.82 Å². The number of anilines is 1. The van der Waals surface area contributed by atoms with E-state index in [0.29, 0.717) is 47.6 Å². The van der Waals surface area contributed by atoms with Crippen LogP contribution in [0.1, 0.15) is 11.1 Å². The second kappa shape index (κ2) is 10.1. The largest absolute Gasteiger partial charge is 0.416 e. The molecule has 1 aliphatic heterocycles. The molecule has 1 fully saturated rings. The Balaban J connectivity index is 1.19. The molecule has 1 amide bonds. The van der Waals surface area contributed by atoms with E-state index in [4.69, 9.17) is 0 Å². The monoisotopic (exact) mass is 569 g/mol. The third-order valence-corrected chi connectivity index (χ3v) is 8.00. The Bertz CT molecular complexity index is 1700. The van der Waals surface area contributed by atoms with Gasteiger partial charge in [-0.3, -0.25) is 9.69 Å². The summed E-state index contributed by atoms with van der Waals surface area (Å²) in [5.74, 6) is 0.157. The first-order valence-electron chi connectivity index (χ1n) is 12.4. The molecule has 1 N–H and O–H groups in total. The molecule has 0 bridgehead atoms. The Kier molecular flexibility index (Phi) is 6.62. The second-order valence-corrected chi connectivity index (χ2v) is 10.5. The van der Waals surface area contributed by atoms with Gasteiger partial charge in [-0.05, 0) is 49.0 Å². The quantitative estimate of drug-likeness (QED) is 0.311. The number of fused-ring (bicyclic) bond motifs is 2. The molecule has 0 aliphatic carbocycles. The van der Waals surface area contributed by atoms with Gasteiger partial charge in [0.05, 0.1) is 16.6 Å². The molecule has 0 spiro atoms. The smallest absolute Gasteiger partial charge is 0.353 e. The number of rotatable bonds is 5. The number of halogens is 4. The summed E-state index contributed by atoms with van der Waals surface area (Å²) in [6.45, 7) is 1.83. The van der Waals surface area contributed by atoms with Gasteiger partial charge in [-0.2, -0.15) is 13.2 Å². The number of carbonyl (C=O) groups is 1. The average Bonchev–Trinajstić information content (AvgIpc) is 3.55. The van der Waals surface area contributed by atoms with Crippen LogP contribution in [0.3, 0.4) is 0 Å². The highest BCUT2D eigenvalue weighted by Gasteiger charge is 2.32. The highest BCUT2D eigenvalue weighted by molar-refractivity contribution is 7.17. The maximum absolute atomic E-state index is 14.0. The number of hydrogen-bond acceptors (Lipinski definition) is 7. The number of alkyl halides is 3. The normalized spacial score (nSPS) is 16.6. The van der Waals surface area contributed by atoms with Crippen molar-refractivity contribution >= 4 is 44.2 Å². The minimum atomic E-state index is -4.42. The van der Waals surface area contributed by atoms with E-state index in [1.54, 1.807) is 12.3 Å². The van der Waals surface area contributed by atoms with Gasteiger partial charge in [0.15, 0.2) is 5.65 Å². The lowest BCUT2D eigenvalue weighted by molar-refractivity contribution is -0.137. The molecule has 1 saturated heterocycles. The number of amides is 1. The molecule has 40 heavy (non-hydrogen) atoms. The number of hydrogen-bond donors (Lipinski definition) is 1. The van der Waals surface area contributed by atoms with Crippen LogP contribution in [0.15, 0.2) is 60.4 Å². The fraction of sp³-hybridized carbons (Fsp3) is 0.259. The zero-order chi connectivity index (χ0) is 28.0. The van der Waals surface area contributed by atoms with Gasteiger partial charge in [-0.1, -0.05) is 6.07 Å². The molecular formula is C27H23F4N7OS. The van der Waals surface area contributed by atoms with Gasteiger partial charge in [0.2, 0.25) is 5.91 Å². The van der Waals surface area contributed by atoms with E-state index >= 15 is 0 Å². The predicted molar refractivity (Wildman–Crippen MR) is 144 cm³/mol. The molecule has 0 radical (unpaired) electrons. The van der Waals surface area contributed by atoms with Gasteiger partial charge in [0, 0.05) is 47.8 Å². The number of piperazine rings is 1. The second-order valence-electron chi connectivity index (χ2n) is 9.63. The van der Waals surface area contributed by atoms with Crippen LogP contribution in [0.5, 0.6) is 0 Å². The first-order chi connectivity index (χ1) is 19.2. The fourth-order valence-corrected chi connectivity index (χ4v) is 5.61. The van der Waals surface area contributed by atoms with Gasteiger partial charge in [-0.15, -0.1) is 16.4 Å². The van der Waals surface area contributed by atoms with Gasteiger partial charge < -0.3 is 10.2 Å². The SMILES string of the molecule is CN1CCN(c2ncnc3nn(-c4ccc(C(F)(F)F)cc4)cc23)C[C@H]1C(=O)NCc1ccc2scc(F)c2c1. The number of nitrogens with one attached hydrogen (secondary N) is 1. The van der Waals surface area contributed by atoms with Crippen LogP contribution < -0.4 is 10.2 Å². The van der Waals surface area contributed by atoms with Gasteiger partial charge in [0.25, 0.3) is 0 Å². The number of likely N-dealkylation sites (N-methyl/N-ethyl adjacent to an activating group) is 1. The van der Waals surface area contributed by atoms with E-state index in [1.165, 1.54) is 39.9 Å². The summed E-state index contributed by atoms with van der Waals surface area (Å²) in [5.41, 5.74) is 0.907. The van der Waals surface area contributed by atoms with Gasteiger partial charge in [-0.25, -0.2) is 19.0 Å². The Labute approximate surface area is 229 Å². The summed E-state index contributed by atoms with van der Waals surface area (Å²) >= 11 is 1.34. The maximum Gasteiger partial charge on any atom is 0.416 e. The van der Waals surface area contributed by atoms with Crippen LogP contribution in [0.25, 0.3) is 26.8 Å². The van der Waals surface area contributed by atoms with Gasteiger partial charge in [0.1, 0.15) is 24.0 Å². The van der Waals surface area contributed by atoms with Crippen LogP contribution in [-0.2, 0) is 17.5 Å². The van der Waals surface area contributed by atoms with Crippen molar-refractivity contribution < 1.29 is 22.4 Å². The molecule has 0 unspecified atom stereocenters. The highest BCUT2D eigenvalue weighted by atomic mass is 32.1. The summed E-state index contributed by atoms with van der Waals surface area (Å²) in [4.78, 5) is 25.9. The third-order valence-electron chi connectivity index (χ3n) is 7.06. The number of carbonyl (C=O) groups excluding carboxylic acids is 1. The van der Waals surface area contributed by atoms with Crippen LogP contribution in [-0.4, -0.2) is 63.3 Å². The number of nitrogens with zero attached hydrogens (tertiary/aromatic N) is 6. The Morgan fingerprint density at radius 1 is 1.10 bits per heavy atom. The number of aromatic nitrogens is 4. The average molecular weight is 570 g/mol. The van der Waals surface area contributed by atoms with Crippen molar-refractivity contribution in [1.82, 2.24) is 30.0 Å². The van der Waals surface area contributed by atoms with Crippen LogP contribution in [0.4, 0.5) is 23.4 Å². The van der Waals surface area contributed by atoms with Crippen LogP contribution >= 0.6 is 11.3 Å². The molecule has 206 valence electrons. The number of thiophene rings is 1. The van der Waals surface area contributed by atoms with Crippen molar-refractivity contribution in [2.75, 3.05) is 31.6 Å². The molecule has 6 rings (SSSR count). The van der Waals surface area contributed by atoms with Crippen molar-refractivity contribution in [1.29, 1.82) is 0 Å². The summed E-state index contributed by atoms with van der Waals surface area (Å²) in [6, 6.07) is 9.73. The predicted octanol–water partition coefficient (Wildman–Crippen LogP) is 4.62. The molecule has 5 aromatic rings. The van der Waals surface area contributed by atoms with E-state index < -0.39 is 17.8 Å². The topological polar surface area (TPSA) is 79.2 Å². The van der Waals surface area contributed by atoms with Crippen molar-refractivity contribution in [2.24, 2.45) is 0 Å². The Hall–Kier alpha value is -4.10. The fourth-order valence-electron chi connectivity index (χ4n) is 4.82. The lowest BCUT2D eigenvalue weighted by atomic mass is 10.1. The molecule has 4 heterocycles. The van der Waals surface area contributed by atoms with Gasteiger partial charge >= 0.3 is 6.18 Å². The molecule has 1 aliphatic rings. The van der Waals surface area contributed by atoms with Crippen molar-refractivity contribution in [3.05, 3.63) is 77.3 Å². The summed E-state index contributed by atoms with van der Waals surface area (Å²) in [7, 11) is 1.88. The first kappa shape index (κ1) is 26.1. The zero-order valence-electron chi connectivity index (χ0n) is 21.2. The lowest BCUT2D eigenvalue weighted by Crippen LogP contribution is -2.57. The van der Waals surface area contributed by atoms with E-state index in [1.807, 2.05) is 29.0 Å². The van der Waals surface area contributed by atoms with Crippen molar-refractivity contribution in [3.8, 4) is 5.69 Å². The zero-order valence-corrected chi connectivity index (χ0v) is 22.0. The molecule has 1 atom stereocenters. The standard InChI is InChI=1S/C27H23F4N7OS/c1-36-8-9-37(13-22(36)26(39)32-11-16-2-7-23-19(10-16)21(28)14-40-23)25-20-12-38(35-24(20)33-15-34-25)18-5-3-17(4-6-18)27(29,30)31/h2-7,10,12,14-15,22H,8-9,11,13H2,1H3,(H,32,39)/t22-/m0/s1. The minimum absolute atomic E-state index is 0.163. The van der Waals surface area contributed by atoms with Crippen molar-refractivity contribution in [2.45, 2.75) is 18.8 Å². The minimum Gasteiger partial charge on any atom is -0.353 e. The summed E-state index contributed by atoms with van der Waals surface area (Å²) < 4.78 is 55.2. The molecule has 0 saturated carbocycles. The third kappa shape index (κ3) is 4.97. The van der Waals surface area contributed by atoms with E-state index in [0.717, 1.165) is 22.4 Å². The summed E-state index contributed by atoms with van der Waals surface area (Å²) in [5, 5.41) is 10.0. The number of benzene rings is 2. The molecule has 8 nitrogen and oxygen atoms in total. The highest BCUT2D eigenvalue weighted by Crippen LogP contribution is 2.31. The Morgan fingerprint density at radius 3 is 2.67 bits per heavy atom. The van der Waals surface area contributed by atoms with Crippen molar-refractivity contribution in [3.63, 3.8) is 0 Å². The Morgan fingerprint density at radius 2 is 1.90 bits per heavy atom. The molecular weight excluding hydrogens is 546 g/mol. The first-order valence-corrected chi connectivity index (χ1v) is 13.3. The van der Waals surface area contributed by atoms with E-state index in [9.17, 15) is 22.4 Å². The molecule has 3 aromatic heterocycles. The van der Waals surface area contributed by atoms with E-state index in [2.05, 4.69) is 20.4 Å².